The molecule has 1 aliphatic carbocycles. The Hall–Kier alpha value is -3.04. The summed E-state index contributed by atoms with van der Waals surface area (Å²) in [6, 6.07) is 8.44. The van der Waals surface area contributed by atoms with Crippen LogP contribution in [0, 0.1) is 5.41 Å². The molecule has 0 bridgehead atoms. The lowest BCUT2D eigenvalue weighted by atomic mass is 10.0. The van der Waals surface area contributed by atoms with Crippen molar-refractivity contribution < 1.29 is 8.42 Å². The first-order chi connectivity index (χ1) is 14.5. The number of hydrogen-bond acceptors (Lipinski definition) is 7. The number of allylic oxidation sites excluding steroid dienone is 2. The van der Waals surface area contributed by atoms with Crippen LogP contribution in [0.15, 0.2) is 71.6 Å². The van der Waals surface area contributed by atoms with Gasteiger partial charge in [0.1, 0.15) is 12.1 Å². The van der Waals surface area contributed by atoms with E-state index in [1.165, 1.54) is 24.2 Å². The number of benzene rings is 1. The lowest BCUT2D eigenvalue weighted by molar-refractivity contribution is 0.280. The molecule has 30 heavy (non-hydrogen) atoms. The number of nitrogens with one attached hydrogen (secondary N) is 2. The standard InChI is InChI=1S/C21H24N6O2S/c22-18-3-1-2-17(14-18)15-26-10-12-27(13-11-26)19-4-6-20(7-5-19)30(28,29)25-21-8-9-23-16-24-21/h1-2,4-9,14,16,22H,3,10-13,15H2,(H,23,24,25). The van der Waals surface area contributed by atoms with Gasteiger partial charge in [0.15, 0.2) is 0 Å². The van der Waals surface area contributed by atoms with E-state index in [9.17, 15) is 8.42 Å². The van der Waals surface area contributed by atoms with Gasteiger partial charge in [-0.3, -0.25) is 9.62 Å². The van der Waals surface area contributed by atoms with Gasteiger partial charge < -0.3 is 10.3 Å². The molecule has 0 spiro atoms. The van der Waals surface area contributed by atoms with E-state index < -0.39 is 10.0 Å². The summed E-state index contributed by atoms with van der Waals surface area (Å²) in [4.78, 5) is 12.5. The first-order valence-electron chi connectivity index (χ1n) is 9.80. The topological polar surface area (TPSA) is 102 Å². The number of sulfonamides is 1. The highest BCUT2D eigenvalue weighted by Crippen LogP contribution is 2.21. The molecule has 2 N–H and O–H groups in total. The zero-order valence-electron chi connectivity index (χ0n) is 16.5. The Bertz CT molecular complexity index is 1060. The molecule has 0 atom stereocenters. The second-order valence-electron chi connectivity index (χ2n) is 7.31. The summed E-state index contributed by atoms with van der Waals surface area (Å²) in [6.45, 7) is 4.46. The van der Waals surface area contributed by atoms with Crippen molar-refractivity contribution in [1.82, 2.24) is 14.9 Å². The maximum atomic E-state index is 12.5. The molecule has 1 saturated heterocycles. The Morgan fingerprint density at radius 3 is 2.50 bits per heavy atom. The van der Waals surface area contributed by atoms with Crippen LogP contribution in [0.25, 0.3) is 0 Å². The van der Waals surface area contributed by atoms with E-state index in [4.69, 9.17) is 5.41 Å². The second kappa shape index (κ2) is 8.76. The Morgan fingerprint density at radius 1 is 1.07 bits per heavy atom. The Kier molecular flexibility index (Phi) is 5.91. The van der Waals surface area contributed by atoms with Crippen LogP contribution in [0.2, 0.25) is 0 Å². The van der Waals surface area contributed by atoms with Gasteiger partial charge in [-0.05, 0) is 42.0 Å². The molecule has 0 radical (unpaired) electrons. The van der Waals surface area contributed by atoms with E-state index in [1.54, 1.807) is 12.1 Å². The van der Waals surface area contributed by atoms with E-state index in [1.807, 2.05) is 24.3 Å². The minimum Gasteiger partial charge on any atom is -0.369 e. The Labute approximate surface area is 176 Å². The molecule has 156 valence electrons. The fourth-order valence-corrected chi connectivity index (χ4v) is 4.58. The fourth-order valence-electron chi connectivity index (χ4n) is 3.57. The molecule has 1 aromatic heterocycles. The zero-order valence-corrected chi connectivity index (χ0v) is 17.3. The van der Waals surface area contributed by atoms with E-state index >= 15 is 0 Å². The normalized spacial score (nSPS) is 17.7. The van der Waals surface area contributed by atoms with Gasteiger partial charge >= 0.3 is 0 Å². The van der Waals surface area contributed by atoms with E-state index in [-0.39, 0.29) is 10.7 Å². The summed E-state index contributed by atoms with van der Waals surface area (Å²) in [5, 5.41) is 7.80. The highest BCUT2D eigenvalue weighted by Gasteiger charge is 2.20. The lowest BCUT2D eigenvalue weighted by Crippen LogP contribution is -2.47. The van der Waals surface area contributed by atoms with Crippen LogP contribution in [0.5, 0.6) is 0 Å². The van der Waals surface area contributed by atoms with Crippen LogP contribution in [0.4, 0.5) is 11.5 Å². The number of hydrogen-bond donors (Lipinski definition) is 2. The summed E-state index contributed by atoms with van der Waals surface area (Å²) in [7, 11) is -3.69. The molecule has 8 nitrogen and oxygen atoms in total. The van der Waals surface area contributed by atoms with Crippen molar-refractivity contribution in [2.24, 2.45) is 0 Å². The maximum absolute atomic E-state index is 12.5. The molecule has 4 rings (SSSR count). The van der Waals surface area contributed by atoms with Crippen LogP contribution in [-0.4, -0.2) is 61.7 Å². The van der Waals surface area contributed by atoms with Gasteiger partial charge in [-0.2, -0.15) is 0 Å². The molecular formula is C21H24N6O2S. The summed E-state index contributed by atoms with van der Waals surface area (Å²) >= 11 is 0. The van der Waals surface area contributed by atoms with Crippen molar-refractivity contribution in [3.05, 3.63) is 66.7 Å². The molecule has 1 aliphatic heterocycles. The minimum atomic E-state index is -3.69. The third kappa shape index (κ3) is 4.92. The molecule has 0 unspecified atom stereocenters. The second-order valence-corrected chi connectivity index (χ2v) is 8.99. The van der Waals surface area contributed by atoms with Gasteiger partial charge in [-0.1, -0.05) is 12.2 Å². The highest BCUT2D eigenvalue weighted by atomic mass is 32.2. The number of anilines is 2. The van der Waals surface area contributed by atoms with Crippen molar-refractivity contribution >= 4 is 27.2 Å². The van der Waals surface area contributed by atoms with Crippen LogP contribution >= 0.6 is 0 Å². The van der Waals surface area contributed by atoms with Crippen LogP contribution in [0.3, 0.4) is 0 Å². The number of aromatic nitrogens is 2. The average Bonchev–Trinajstić information content (AvgIpc) is 2.75. The Morgan fingerprint density at radius 2 is 1.83 bits per heavy atom. The maximum Gasteiger partial charge on any atom is 0.263 e. The van der Waals surface area contributed by atoms with E-state index in [0.717, 1.165) is 44.8 Å². The van der Waals surface area contributed by atoms with Crippen LogP contribution in [-0.2, 0) is 10.0 Å². The molecule has 9 heteroatoms. The quantitative estimate of drug-likeness (QED) is 0.738. The van der Waals surface area contributed by atoms with Gasteiger partial charge in [-0.25, -0.2) is 18.4 Å². The van der Waals surface area contributed by atoms with Crippen LogP contribution < -0.4 is 9.62 Å². The van der Waals surface area contributed by atoms with Gasteiger partial charge in [0.05, 0.1) is 4.90 Å². The van der Waals surface area contributed by atoms with E-state index in [2.05, 4.69) is 30.6 Å². The molecule has 1 aromatic carbocycles. The minimum absolute atomic E-state index is 0.196. The summed E-state index contributed by atoms with van der Waals surface area (Å²) in [6.07, 6.45) is 9.62. The van der Waals surface area contributed by atoms with Crippen LogP contribution in [0.1, 0.15) is 6.42 Å². The number of rotatable bonds is 6. The van der Waals surface area contributed by atoms with Crippen molar-refractivity contribution in [1.29, 1.82) is 5.41 Å². The molecule has 0 amide bonds. The predicted octanol–water partition coefficient (Wildman–Crippen LogP) is 2.31. The van der Waals surface area contributed by atoms with Gasteiger partial charge in [0.2, 0.25) is 0 Å². The summed E-state index contributed by atoms with van der Waals surface area (Å²) in [5.41, 5.74) is 2.86. The molecule has 2 aliphatic rings. The third-order valence-electron chi connectivity index (χ3n) is 5.14. The average molecular weight is 425 g/mol. The Balaban J connectivity index is 1.35. The van der Waals surface area contributed by atoms with Crippen molar-refractivity contribution in [2.75, 3.05) is 42.3 Å². The van der Waals surface area contributed by atoms with Crippen molar-refractivity contribution in [3.8, 4) is 0 Å². The lowest BCUT2D eigenvalue weighted by Gasteiger charge is -2.36. The fraction of sp³-hybridized carbons (Fsp3) is 0.286. The summed E-state index contributed by atoms with van der Waals surface area (Å²) in [5.74, 6) is 0.239. The molecule has 0 saturated carbocycles. The van der Waals surface area contributed by atoms with Crippen molar-refractivity contribution in [3.63, 3.8) is 0 Å². The van der Waals surface area contributed by atoms with E-state index in [0.29, 0.717) is 5.71 Å². The highest BCUT2D eigenvalue weighted by molar-refractivity contribution is 7.92. The number of piperazine rings is 1. The van der Waals surface area contributed by atoms with Gasteiger partial charge in [0.25, 0.3) is 10.0 Å². The third-order valence-corrected chi connectivity index (χ3v) is 6.51. The smallest absolute Gasteiger partial charge is 0.263 e. The predicted molar refractivity (Wildman–Crippen MR) is 118 cm³/mol. The summed E-state index contributed by atoms with van der Waals surface area (Å²) < 4.78 is 27.5. The SMILES string of the molecule is N=C1C=C(CN2CCN(c3ccc(S(=O)(=O)Nc4ccncn4)cc3)CC2)C=CC1. The monoisotopic (exact) mass is 424 g/mol. The largest absolute Gasteiger partial charge is 0.369 e. The molecule has 2 heterocycles. The van der Waals surface area contributed by atoms with Gasteiger partial charge in [0, 0.05) is 56.7 Å². The van der Waals surface area contributed by atoms with Crippen molar-refractivity contribution in [2.45, 2.75) is 11.3 Å². The first-order valence-corrected chi connectivity index (χ1v) is 11.3. The molecule has 1 fully saturated rings. The zero-order chi connectivity index (χ0) is 21.0. The molecular weight excluding hydrogens is 400 g/mol. The van der Waals surface area contributed by atoms with Gasteiger partial charge in [-0.15, -0.1) is 0 Å². The molecule has 2 aromatic rings. The first kappa shape index (κ1) is 20.2. The number of nitrogens with zero attached hydrogens (tertiary/aromatic N) is 4.